The number of nitrogens with one attached hydrogen (secondary N) is 1. The maximum absolute atomic E-state index is 13.5. The maximum atomic E-state index is 13.5. The van der Waals surface area contributed by atoms with Gasteiger partial charge in [-0.15, -0.1) is 0 Å². The van der Waals surface area contributed by atoms with Crippen molar-refractivity contribution in [2.45, 2.75) is 12.4 Å². The Kier molecular flexibility index (Phi) is 7.05. The minimum Gasteiger partial charge on any atom is -0.347 e. The molecule has 0 radical (unpaired) electrons. The number of non-ortho nitro benzene ring substituents is 1. The summed E-state index contributed by atoms with van der Waals surface area (Å²) in [6, 6.07) is 0.188. The summed E-state index contributed by atoms with van der Waals surface area (Å²) in [6.45, 7) is 0. The highest BCUT2D eigenvalue weighted by atomic mass is 79.9. The Bertz CT molecular complexity index is 1110. The van der Waals surface area contributed by atoms with Gasteiger partial charge in [-0.05, 0) is 31.9 Å². The predicted octanol–water partition coefficient (Wildman–Crippen LogP) is 8.12. The van der Waals surface area contributed by atoms with Crippen LogP contribution in [-0.2, 0) is 12.4 Å². The van der Waals surface area contributed by atoms with E-state index in [-0.39, 0.29) is 12.1 Å². The lowest BCUT2D eigenvalue weighted by molar-refractivity contribution is -0.394. The molecule has 7 nitrogen and oxygen atoms in total. The Balaban J connectivity index is 2.93. The van der Waals surface area contributed by atoms with Crippen LogP contribution in [0.1, 0.15) is 11.1 Å². The molecule has 0 unspecified atom stereocenters. The summed E-state index contributed by atoms with van der Waals surface area (Å²) < 4.78 is 79.5. The molecule has 0 aromatic heterocycles. The molecular weight excluding hydrogens is 619 g/mol. The van der Waals surface area contributed by atoms with Crippen molar-refractivity contribution < 1.29 is 36.2 Å². The average Bonchev–Trinajstić information content (AvgIpc) is 2.60. The van der Waals surface area contributed by atoms with Gasteiger partial charge in [-0.3, -0.25) is 20.2 Å². The summed E-state index contributed by atoms with van der Waals surface area (Å²) in [5.41, 5.74) is -8.49. The van der Waals surface area contributed by atoms with Crippen LogP contribution in [0.15, 0.2) is 21.1 Å². The van der Waals surface area contributed by atoms with Crippen LogP contribution in [0, 0.1) is 20.2 Å². The van der Waals surface area contributed by atoms with E-state index >= 15 is 0 Å². The van der Waals surface area contributed by atoms with Crippen LogP contribution < -0.4 is 5.32 Å². The van der Waals surface area contributed by atoms with Gasteiger partial charge >= 0.3 is 12.4 Å². The van der Waals surface area contributed by atoms with E-state index in [1.807, 2.05) is 5.32 Å². The molecule has 0 atom stereocenters. The smallest absolute Gasteiger partial charge is 0.347 e. The first-order chi connectivity index (χ1) is 14.0. The SMILES string of the molecule is O=[N+]([O-])c1cc([N+](=O)[O-])c(Nc2c(Cl)c(Br)c(Br)c(C(F)(F)F)c2Cl)c(C(F)(F)F)c1. The molecule has 2 aromatic rings. The van der Waals surface area contributed by atoms with E-state index in [2.05, 4.69) is 31.9 Å². The highest BCUT2D eigenvalue weighted by molar-refractivity contribution is 9.13. The van der Waals surface area contributed by atoms with Gasteiger partial charge in [0.25, 0.3) is 11.4 Å². The van der Waals surface area contributed by atoms with Gasteiger partial charge in [0.15, 0.2) is 0 Å². The standard InChI is InChI=1S/C14H3Br2Cl2F6N3O4/c15-7-6(14(22,23)24)9(17)12(10(18)8(7)16)25-11-4(13(19,20)21)1-3(26(28)29)2-5(11)27(30)31/h1-2,25H. The summed E-state index contributed by atoms with van der Waals surface area (Å²) in [4.78, 5) is 19.5. The van der Waals surface area contributed by atoms with Crippen molar-refractivity contribution in [3.63, 3.8) is 0 Å². The van der Waals surface area contributed by atoms with Gasteiger partial charge in [-0.25, -0.2) is 0 Å². The maximum Gasteiger partial charge on any atom is 0.419 e. The number of nitro benzene ring substituents is 2. The molecule has 168 valence electrons. The first kappa shape index (κ1) is 25.4. The first-order valence-corrected chi connectivity index (χ1v) is 9.56. The van der Waals surface area contributed by atoms with Crippen molar-refractivity contribution in [2.75, 3.05) is 5.32 Å². The van der Waals surface area contributed by atoms with Crippen LogP contribution in [0.4, 0.5) is 49.1 Å². The molecule has 1 N–H and O–H groups in total. The van der Waals surface area contributed by atoms with Gasteiger partial charge in [0.1, 0.15) is 5.69 Å². The zero-order valence-corrected chi connectivity index (χ0v) is 18.6. The summed E-state index contributed by atoms with van der Waals surface area (Å²) >= 11 is 17.0. The van der Waals surface area contributed by atoms with E-state index < -0.39 is 75.1 Å². The molecular formula is C14H3Br2Cl2F6N3O4. The van der Waals surface area contributed by atoms with Gasteiger partial charge in [-0.1, -0.05) is 23.2 Å². The quantitative estimate of drug-likeness (QED) is 0.122. The third kappa shape index (κ3) is 4.99. The molecule has 2 aromatic carbocycles. The highest BCUT2D eigenvalue weighted by Crippen LogP contribution is 2.52. The number of alkyl halides is 6. The normalized spacial score (nSPS) is 12.1. The van der Waals surface area contributed by atoms with Gasteiger partial charge in [0, 0.05) is 10.5 Å². The number of halogens is 10. The van der Waals surface area contributed by atoms with Crippen LogP contribution in [0.25, 0.3) is 0 Å². The van der Waals surface area contributed by atoms with Crippen molar-refractivity contribution >= 4 is 77.8 Å². The number of nitro groups is 2. The lowest BCUT2D eigenvalue weighted by atomic mass is 10.1. The fourth-order valence-electron chi connectivity index (χ4n) is 2.33. The Morgan fingerprint density at radius 2 is 1.39 bits per heavy atom. The van der Waals surface area contributed by atoms with Crippen LogP contribution in [0.2, 0.25) is 10.0 Å². The van der Waals surface area contributed by atoms with Crippen molar-refractivity contribution in [1.82, 2.24) is 0 Å². The Hall–Kier alpha value is -1.84. The second-order valence-electron chi connectivity index (χ2n) is 5.53. The number of rotatable bonds is 4. The molecule has 0 spiro atoms. The molecule has 31 heavy (non-hydrogen) atoms. The molecule has 0 fully saturated rings. The first-order valence-electron chi connectivity index (χ1n) is 7.22. The van der Waals surface area contributed by atoms with E-state index in [9.17, 15) is 46.6 Å². The van der Waals surface area contributed by atoms with Gasteiger partial charge in [-0.2, -0.15) is 26.3 Å². The molecule has 17 heteroatoms. The van der Waals surface area contributed by atoms with E-state index in [0.29, 0.717) is 0 Å². The Morgan fingerprint density at radius 3 is 1.81 bits per heavy atom. The minimum absolute atomic E-state index is 0.0181. The number of hydrogen-bond acceptors (Lipinski definition) is 5. The molecule has 0 bridgehead atoms. The second-order valence-corrected chi connectivity index (χ2v) is 7.87. The molecule has 0 aliphatic carbocycles. The zero-order valence-electron chi connectivity index (χ0n) is 14.0. The highest BCUT2D eigenvalue weighted by Gasteiger charge is 2.42. The van der Waals surface area contributed by atoms with Crippen LogP contribution in [-0.4, -0.2) is 9.85 Å². The fourth-order valence-corrected chi connectivity index (χ4v) is 4.21. The molecule has 0 aliphatic rings. The van der Waals surface area contributed by atoms with Crippen molar-refractivity contribution in [3.05, 3.63) is 62.5 Å². The Labute approximate surface area is 193 Å². The minimum atomic E-state index is -5.38. The van der Waals surface area contributed by atoms with Crippen LogP contribution >= 0.6 is 55.1 Å². The second kappa shape index (κ2) is 8.60. The van der Waals surface area contributed by atoms with Crippen molar-refractivity contribution in [3.8, 4) is 0 Å². The zero-order chi connectivity index (χ0) is 24.0. The number of anilines is 2. The largest absolute Gasteiger partial charge is 0.419 e. The molecule has 0 heterocycles. The molecule has 0 saturated carbocycles. The third-order valence-corrected chi connectivity index (χ3v) is 6.71. The van der Waals surface area contributed by atoms with Gasteiger partial charge in [0.2, 0.25) is 0 Å². The van der Waals surface area contributed by atoms with Crippen molar-refractivity contribution in [1.29, 1.82) is 0 Å². The third-order valence-electron chi connectivity index (χ3n) is 3.61. The molecule has 2 rings (SSSR count). The summed E-state index contributed by atoms with van der Waals surface area (Å²) in [6.07, 6.45) is -10.5. The monoisotopic (exact) mass is 619 g/mol. The lowest BCUT2D eigenvalue weighted by Gasteiger charge is -2.20. The van der Waals surface area contributed by atoms with E-state index in [1.54, 1.807) is 0 Å². The van der Waals surface area contributed by atoms with Crippen LogP contribution in [0.5, 0.6) is 0 Å². The summed E-state index contributed by atoms with van der Waals surface area (Å²) in [5, 5.41) is 22.1. The van der Waals surface area contributed by atoms with Gasteiger partial charge < -0.3 is 5.32 Å². The molecule has 0 saturated heterocycles. The number of nitrogens with zero attached hydrogens (tertiary/aromatic N) is 2. The topological polar surface area (TPSA) is 98.3 Å². The Morgan fingerprint density at radius 1 is 0.839 bits per heavy atom. The van der Waals surface area contributed by atoms with Crippen molar-refractivity contribution in [2.24, 2.45) is 0 Å². The van der Waals surface area contributed by atoms with Gasteiger partial charge in [0.05, 0.1) is 47.2 Å². The fraction of sp³-hybridized carbons (Fsp3) is 0.143. The van der Waals surface area contributed by atoms with Crippen LogP contribution in [0.3, 0.4) is 0 Å². The lowest BCUT2D eigenvalue weighted by Crippen LogP contribution is -2.14. The number of benzene rings is 2. The average molecular weight is 622 g/mol. The number of hydrogen-bond donors (Lipinski definition) is 1. The molecule has 0 aliphatic heterocycles. The molecule has 0 amide bonds. The van der Waals surface area contributed by atoms with E-state index in [4.69, 9.17) is 23.2 Å². The summed E-state index contributed by atoms with van der Waals surface area (Å²) in [5.74, 6) is 0. The predicted molar refractivity (Wildman–Crippen MR) is 105 cm³/mol. The van der Waals surface area contributed by atoms with E-state index in [0.717, 1.165) is 0 Å². The van der Waals surface area contributed by atoms with E-state index in [1.165, 1.54) is 0 Å². The summed E-state index contributed by atoms with van der Waals surface area (Å²) in [7, 11) is 0.